The lowest BCUT2D eigenvalue weighted by Gasteiger charge is -2.12. The van der Waals surface area contributed by atoms with E-state index >= 15 is 0 Å². The molecule has 0 radical (unpaired) electrons. The Kier molecular flexibility index (Phi) is 2.73. The zero-order valence-electron chi connectivity index (χ0n) is 8.78. The van der Waals surface area contributed by atoms with Crippen LogP contribution in [0.25, 0.3) is 10.1 Å². The molecule has 15 heavy (non-hydrogen) atoms. The zero-order chi connectivity index (χ0) is 10.8. The van der Waals surface area contributed by atoms with Gasteiger partial charge < -0.3 is 5.32 Å². The summed E-state index contributed by atoms with van der Waals surface area (Å²) in [5, 5.41) is 6.21. The van der Waals surface area contributed by atoms with Crippen molar-refractivity contribution >= 4 is 27.3 Å². The van der Waals surface area contributed by atoms with E-state index in [9.17, 15) is 4.79 Å². The van der Waals surface area contributed by atoms with Crippen LogP contribution in [0.4, 0.5) is 0 Å². The largest absolute Gasteiger partial charge is 0.350 e. The predicted octanol–water partition coefficient (Wildman–Crippen LogP) is 3.10. The summed E-state index contributed by atoms with van der Waals surface area (Å²) >= 11 is 1.73. The van der Waals surface area contributed by atoms with Crippen LogP contribution in [0.3, 0.4) is 0 Å². The number of amides is 1. The quantitative estimate of drug-likeness (QED) is 0.826. The van der Waals surface area contributed by atoms with Gasteiger partial charge in [-0.25, -0.2) is 0 Å². The summed E-state index contributed by atoms with van der Waals surface area (Å²) in [5.41, 5.74) is 1.15. The fraction of sp³-hybridized carbons (Fsp3) is 0.250. The number of hydrogen-bond acceptors (Lipinski definition) is 2. The predicted molar refractivity (Wildman–Crippen MR) is 64.1 cm³/mol. The second-order valence-electron chi connectivity index (χ2n) is 3.64. The van der Waals surface area contributed by atoms with Crippen molar-refractivity contribution in [1.29, 1.82) is 0 Å². The van der Waals surface area contributed by atoms with Crippen LogP contribution in [-0.4, -0.2) is 5.91 Å². The van der Waals surface area contributed by atoms with Crippen LogP contribution in [0.1, 0.15) is 25.5 Å². The molecule has 1 heterocycles. The van der Waals surface area contributed by atoms with Crippen LogP contribution in [0.2, 0.25) is 0 Å². The summed E-state index contributed by atoms with van der Waals surface area (Å²) in [5.74, 6) is 0.00733. The Labute approximate surface area is 92.9 Å². The van der Waals surface area contributed by atoms with E-state index in [2.05, 4.69) is 35.0 Å². The third-order valence-electron chi connectivity index (χ3n) is 2.40. The molecule has 1 aromatic carbocycles. The van der Waals surface area contributed by atoms with Crippen LogP contribution in [0.5, 0.6) is 0 Å². The second-order valence-corrected chi connectivity index (χ2v) is 4.59. The number of nitrogens with one attached hydrogen (secondary N) is 1. The molecule has 0 aliphatic carbocycles. The van der Waals surface area contributed by atoms with E-state index in [1.54, 1.807) is 18.3 Å². The van der Waals surface area contributed by atoms with E-state index in [4.69, 9.17) is 0 Å². The summed E-state index contributed by atoms with van der Waals surface area (Å²) < 4.78 is 1.29. The standard InChI is InChI=1S/C12H13NOS/c1-8(13-9(2)14)10-3-4-12-11(7-10)5-6-15-12/h3-8H,1-2H3,(H,13,14)/t8-/m0/s1. The van der Waals surface area contributed by atoms with Crippen molar-refractivity contribution in [3.05, 3.63) is 35.2 Å². The molecule has 0 fully saturated rings. The molecule has 0 saturated heterocycles. The lowest BCUT2D eigenvalue weighted by molar-refractivity contribution is -0.119. The summed E-state index contributed by atoms with van der Waals surface area (Å²) in [4.78, 5) is 10.9. The molecule has 2 aromatic rings. The van der Waals surface area contributed by atoms with Gasteiger partial charge in [0.05, 0.1) is 6.04 Å². The van der Waals surface area contributed by atoms with Gasteiger partial charge in [-0.15, -0.1) is 11.3 Å². The topological polar surface area (TPSA) is 29.1 Å². The van der Waals surface area contributed by atoms with Gasteiger partial charge in [0.25, 0.3) is 0 Å². The average molecular weight is 219 g/mol. The minimum Gasteiger partial charge on any atom is -0.350 e. The first kappa shape index (κ1) is 10.2. The van der Waals surface area contributed by atoms with Crippen molar-refractivity contribution < 1.29 is 4.79 Å². The number of carbonyl (C=O) groups excluding carboxylic acids is 1. The van der Waals surface area contributed by atoms with E-state index in [1.807, 2.05) is 6.92 Å². The van der Waals surface area contributed by atoms with Crippen molar-refractivity contribution in [2.45, 2.75) is 19.9 Å². The molecule has 1 atom stereocenters. The molecule has 0 bridgehead atoms. The molecule has 1 N–H and O–H groups in total. The van der Waals surface area contributed by atoms with Crippen LogP contribution in [0.15, 0.2) is 29.6 Å². The molecule has 2 nitrogen and oxygen atoms in total. The Morgan fingerprint density at radius 1 is 1.40 bits per heavy atom. The first-order valence-corrected chi connectivity index (χ1v) is 5.79. The summed E-state index contributed by atoms with van der Waals surface area (Å²) in [6, 6.07) is 8.48. The third-order valence-corrected chi connectivity index (χ3v) is 3.29. The number of fused-ring (bicyclic) bond motifs is 1. The van der Waals surface area contributed by atoms with E-state index < -0.39 is 0 Å². The van der Waals surface area contributed by atoms with E-state index in [0.29, 0.717) is 0 Å². The highest BCUT2D eigenvalue weighted by Gasteiger charge is 2.07. The monoisotopic (exact) mass is 219 g/mol. The van der Waals surface area contributed by atoms with Gasteiger partial charge in [-0.2, -0.15) is 0 Å². The van der Waals surface area contributed by atoms with Gasteiger partial charge in [0.1, 0.15) is 0 Å². The minimum atomic E-state index is 0.00733. The highest BCUT2D eigenvalue weighted by molar-refractivity contribution is 7.17. The summed E-state index contributed by atoms with van der Waals surface area (Å²) in [6.07, 6.45) is 0. The summed E-state index contributed by atoms with van der Waals surface area (Å²) in [7, 11) is 0. The van der Waals surface area contributed by atoms with Crippen molar-refractivity contribution in [2.24, 2.45) is 0 Å². The molecule has 78 valence electrons. The highest BCUT2D eigenvalue weighted by atomic mass is 32.1. The number of hydrogen-bond donors (Lipinski definition) is 1. The van der Waals surface area contributed by atoms with E-state index in [0.717, 1.165) is 5.56 Å². The average Bonchev–Trinajstić information content (AvgIpc) is 2.62. The van der Waals surface area contributed by atoms with Crippen LogP contribution < -0.4 is 5.32 Å². The first-order valence-electron chi connectivity index (χ1n) is 4.91. The van der Waals surface area contributed by atoms with Gasteiger partial charge in [-0.05, 0) is 41.5 Å². The van der Waals surface area contributed by atoms with E-state index in [1.165, 1.54) is 10.1 Å². The van der Waals surface area contributed by atoms with Gasteiger partial charge in [0.15, 0.2) is 0 Å². The Morgan fingerprint density at radius 2 is 2.20 bits per heavy atom. The molecule has 2 rings (SSSR count). The van der Waals surface area contributed by atoms with Gasteiger partial charge in [-0.3, -0.25) is 4.79 Å². The summed E-state index contributed by atoms with van der Waals surface area (Å²) in [6.45, 7) is 3.54. The first-order chi connectivity index (χ1) is 7.16. The molecule has 0 aliphatic heterocycles. The van der Waals surface area contributed by atoms with E-state index in [-0.39, 0.29) is 11.9 Å². The Hall–Kier alpha value is -1.35. The van der Waals surface area contributed by atoms with Gasteiger partial charge in [0.2, 0.25) is 5.91 Å². The maximum atomic E-state index is 10.9. The molecule has 1 aromatic heterocycles. The smallest absolute Gasteiger partial charge is 0.217 e. The van der Waals surface area contributed by atoms with Crippen LogP contribution >= 0.6 is 11.3 Å². The Balaban J connectivity index is 2.30. The number of thiophene rings is 1. The van der Waals surface area contributed by atoms with Crippen molar-refractivity contribution in [1.82, 2.24) is 5.32 Å². The van der Waals surface area contributed by atoms with Gasteiger partial charge in [0, 0.05) is 11.6 Å². The minimum absolute atomic E-state index is 0.00733. The molecule has 0 spiro atoms. The molecule has 3 heteroatoms. The van der Waals surface area contributed by atoms with Gasteiger partial charge in [-0.1, -0.05) is 6.07 Å². The maximum absolute atomic E-state index is 10.9. The highest BCUT2D eigenvalue weighted by Crippen LogP contribution is 2.24. The molecule has 0 saturated carbocycles. The van der Waals surface area contributed by atoms with Crippen LogP contribution in [0, 0.1) is 0 Å². The zero-order valence-corrected chi connectivity index (χ0v) is 9.60. The molecule has 1 amide bonds. The molecule has 0 aliphatic rings. The molecule has 0 unspecified atom stereocenters. The van der Waals surface area contributed by atoms with Crippen molar-refractivity contribution in [3.63, 3.8) is 0 Å². The van der Waals surface area contributed by atoms with Crippen LogP contribution in [-0.2, 0) is 4.79 Å². The third kappa shape index (κ3) is 2.18. The van der Waals surface area contributed by atoms with Gasteiger partial charge >= 0.3 is 0 Å². The fourth-order valence-corrected chi connectivity index (χ4v) is 2.41. The van der Waals surface area contributed by atoms with Crippen molar-refractivity contribution in [3.8, 4) is 0 Å². The number of carbonyl (C=O) groups is 1. The maximum Gasteiger partial charge on any atom is 0.217 e. The number of rotatable bonds is 2. The molecular weight excluding hydrogens is 206 g/mol. The Morgan fingerprint density at radius 3 is 2.93 bits per heavy atom. The molecular formula is C12H13NOS. The lowest BCUT2D eigenvalue weighted by atomic mass is 10.1. The normalized spacial score (nSPS) is 12.7. The fourth-order valence-electron chi connectivity index (χ4n) is 1.64. The lowest BCUT2D eigenvalue weighted by Crippen LogP contribution is -2.23. The second kappa shape index (κ2) is 4.03. The SMILES string of the molecule is CC(=O)N[C@@H](C)c1ccc2sccc2c1. The van der Waals surface area contributed by atoms with Crippen molar-refractivity contribution in [2.75, 3.05) is 0 Å². The number of benzene rings is 1. The Bertz CT molecular complexity index is 489.